The Bertz CT molecular complexity index is 523. The number of carbonyl (C=O) groups is 1. The number of amides is 1. The van der Waals surface area contributed by atoms with Crippen LogP contribution in [0.25, 0.3) is 0 Å². The highest BCUT2D eigenvalue weighted by atomic mass is 35.5. The monoisotopic (exact) mass is 393 g/mol. The van der Waals surface area contributed by atoms with Crippen LogP contribution in [0.15, 0.2) is 18.2 Å². The highest BCUT2D eigenvalue weighted by Gasteiger charge is 2.19. The van der Waals surface area contributed by atoms with Crippen LogP contribution in [0.1, 0.15) is 25.0 Å². The molecule has 138 valence electrons. The minimum atomic E-state index is -0.470. The highest BCUT2D eigenvalue weighted by molar-refractivity contribution is 7.99. The first-order valence-corrected chi connectivity index (χ1v) is 9.09. The summed E-state index contributed by atoms with van der Waals surface area (Å²) in [5.41, 5.74) is 9.23. The summed E-state index contributed by atoms with van der Waals surface area (Å²) in [6.45, 7) is 9.22. The molecule has 0 aliphatic carbocycles. The van der Waals surface area contributed by atoms with Crippen molar-refractivity contribution in [1.82, 2.24) is 4.90 Å². The van der Waals surface area contributed by atoms with Crippen molar-refractivity contribution in [3.63, 3.8) is 0 Å². The summed E-state index contributed by atoms with van der Waals surface area (Å²) in [6, 6.07) is 5.64. The molecule has 3 N–H and O–H groups in total. The number of nitrogens with two attached hydrogens (primary N) is 1. The molecular formula is C17H29Cl2N3OS. The number of anilines is 1. The van der Waals surface area contributed by atoms with E-state index in [9.17, 15) is 4.79 Å². The van der Waals surface area contributed by atoms with E-state index in [0.29, 0.717) is 0 Å². The Morgan fingerprint density at radius 2 is 1.92 bits per heavy atom. The molecule has 7 heteroatoms. The Hall–Kier alpha value is -0.460. The first-order chi connectivity index (χ1) is 10.5. The second-order valence-corrected chi connectivity index (χ2v) is 7.46. The van der Waals surface area contributed by atoms with Gasteiger partial charge >= 0.3 is 0 Å². The van der Waals surface area contributed by atoms with E-state index in [-0.39, 0.29) is 36.6 Å². The van der Waals surface area contributed by atoms with E-state index < -0.39 is 6.04 Å². The zero-order valence-electron chi connectivity index (χ0n) is 14.6. The van der Waals surface area contributed by atoms with Gasteiger partial charge in [-0.15, -0.1) is 24.8 Å². The quantitative estimate of drug-likeness (QED) is 0.805. The minimum Gasteiger partial charge on any atom is -0.324 e. The van der Waals surface area contributed by atoms with Gasteiger partial charge in [0, 0.05) is 36.8 Å². The summed E-state index contributed by atoms with van der Waals surface area (Å²) in [7, 11) is 0. The molecule has 1 heterocycles. The number of nitrogens with one attached hydrogen (secondary N) is 1. The zero-order valence-corrected chi connectivity index (χ0v) is 17.0. The normalized spacial score (nSPS) is 16.0. The molecule has 0 bridgehead atoms. The van der Waals surface area contributed by atoms with Crippen LogP contribution in [0.5, 0.6) is 0 Å². The van der Waals surface area contributed by atoms with E-state index in [1.54, 1.807) is 0 Å². The number of hydrogen-bond donors (Lipinski definition) is 2. The summed E-state index contributed by atoms with van der Waals surface area (Å²) < 4.78 is 0. The summed E-state index contributed by atoms with van der Waals surface area (Å²) in [5.74, 6) is 2.44. The zero-order chi connectivity index (χ0) is 16.1. The summed E-state index contributed by atoms with van der Waals surface area (Å²) in [5, 5.41) is 2.98. The molecule has 1 atom stereocenters. The van der Waals surface area contributed by atoms with E-state index in [4.69, 9.17) is 5.73 Å². The van der Waals surface area contributed by atoms with Gasteiger partial charge in [-0.1, -0.05) is 26.0 Å². The van der Waals surface area contributed by atoms with Crippen LogP contribution in [0.4, 0.5) is 5.69 Å². The smallest absolute Gasteiger partial charge is 0.241 e. The molecule has 24 heavy (non-hydrogen) atoms. The third-order valence-electron chi connectivity index (χ3n) is 4.22. The van der Waals surface area contributed by atoms with Gasteiger partial charge in [0.25, 0.3) is 0 Å². The number of carbonyl (C=O) groups excluding carboxylic acids is 1. The van der Waals surface area contributed by atoms with Gasteiger partial charge in [0.2, 0.25) is 5.91 Å². The fraction of sp³-hybridized carbons (Fsp3) is 0.588. The van der Waals surface area contributed by atoms with Crippen LogP contribution in [0, 0.1) is 12.8 Å². The number of benzene rings is 1. The van der Waals surface area contributed by atoms with Gasteiger partial charge in [-0.3, -0.25) is 9.69 Å². The molecule has 1 aliphatic rings. The van der Waals surface area contributed by atoms with Gasteiger partial charge < -0.3 is 11.1 Å². The topological polar surface area (TPSA) is 58.4 Å². The van der Waals surface area contributed by atoms with E-state index in [1.165, 1.54) is 17.1 Å². The minimum absolute atomic E-state index is 0. The standard InChI is InChI=1S/C17H27N3OS.2ClH/c1-12(2)16(18)17(21)19-15-6-4-5-14(13(15)3)11-20-7-9-22-10-8-20;;/h4-6,12,16H,7-11,18H2,1-3H3,(H,19,21);2*1H/t16-;;/m0../s1. The maximum Gasteiger partial charge on any atom is 0.241 e. The molecule has 1 aromatic carbocycles. The van der Waals surface area contributed by atoms with Crippen LogP contribution in [0.2, 0.25) is 0 Å². The maximum absolute atomic E-state index is 12.2. The number of halogens is 2. The van der Waals surface area contributed by atoms with Crippen molar-refractivity contribution in [3.05, 3.63) is 29.3 Å². The summed E-state index contributed by atoms with van der Waals surface area (Å²) >= 11 is 2.02. The Labute approximate surface area is 162 Å². The summed E-state index contributed by atoms with van der Waals surface area (Å²) in [4.78, 5) is 14.6. The molecule has 0 saturated carbocycles. The number of hydrogen-bond acceptors (Lipinski definition) is 4. The van der Waals surface area contributed by atoms with Crippen LogP contribution in [0.3, 0.4) is 0 Å². The second-order valence-electron chi connectivity index (χ2n) is 6.24. The van der Waals surface area contributed by atoms with Crippen molar-refractivity contribution in [1.29, 1.82) is 0 Å². The van der Waals surface area contributed by atoms with Crippen molar-refractivity contribution in [2.75, 3.05) is 29.9 Å². The molecule has 2 rings (SSSR count). The molecular weight excluding hydrogens is 365 g/mol. The molecule has 1 amide bonds. The number of nitrogens with zero attached hydrogens (tertiary/aromatic N) is 1. The van der Waals surface area contributed by atoms with E-state index >= 15 is 0 Å². The third-order valence-corrected chi connectivity index (χ3v) is 5.16. The van der Waals surface area contributed by atoms with Crippen molar-refractivity contribution in [2.45, 2.75) is 33.4 Å². The summed E-state index contributed by atoms with van der Waals surface area (Å²) in [6.07, 6.45) is 0. The number of thioether (sulfide) groups is 1. The van der Waals surface area contributed by atoms with Crippen molar-refractivity contribution in [3.8, 4) is 0 Å². The average molecular weight is 394 g/mol. The van der Waals surface area contributed by atoms with Crippen molar-refractivity contribution in [2.24, 2.45) is 11.7 Å². The second kappa shape index (κ2) is 11.2. The third kappa shape index (κ3) is 6.45. The van der Waals surface area contributed by atoms with Crippen LogP contribution in [-0.2, 0) is 11.3 Å². The lowest BCUT2D eigenvalue weighted by Crippen LogP contribution is -2.40. The predicted octanol–water partition coefficient (Wildman–Crippen LogP) is 3.31. The molecule has 4 nitrogen and oxygen atoms in total. The lowest BCUT2D eigenvalue weighted by atomic mass is 10.0. The Balaban J connectivity index is 0.00000264. The van der Waals surface area contributed by atoms with Crippen LogP contribution >= 0.6 is 36.6 Å². The lowest BCUT2D eigenvalue weighted by Gasteiger charge is -2.27. The van der Waals surface area contributed by atoms with Gasteiger partial charge in [0.1, 0.15) is 0 Å². The predicted molar refractivity (Wildman–Crippen MR) is 110 cm³/mol. The van der Waals surface area contributed by atoms with Gasteiger partial charge in [-0.05, 0) is 30.0 Å². The Morgan fingerprint density at radius 1 is 1.29 bits per heavy atom. The van der Waals surface area contributed by atoms with Crippen LogP contribution < -0.4 is 11.1 Å². The van der Waals surface area contributed by atoms with Gasteiger partial charge in [0.05, 0.1) is 6.04 Å². The van der Waals surface area contributed by atoms with Crippen molar-refractivity contribution >= 4 is 48.2 Å². The maximum atomic E-state index is 12.2. The fourth-order valence-corrected chi connectivity index (χ4v) is 3.49. The molecule has 0 unspecified atom stereocenters. The van der Waals surface area contributed by atoms with Gasteiger partial charge in [-0.25, -0.2) is 0 Å². The largest absolute Gasteiger partial charge is 0.324 e. The first kappa shape index (κ1) is 23.5. The Morgan fingerprint density at radius 3 is 2.50 bits per heavy atom. The molecule has 0 spiro atoms. The molecule has 0 radical (unpaired) electrons. The van der Waals surface area contributed by atoms with Crippen LogP contribution in [-0.4, -0.2) is 41.4 Å². The fourth-order valence-electron chi connectivity index (χ4n) is 2.51. The van der Waals surface area contributed by atoms with Crippen molar-refractivity contribution < 1.29 is 4.79 Å². The van der Waals surface area contributed by atoms with E-state index in [1.807, 2.05) is 37.7 Å². The number of rotatable bonds is 5. The molecule has 1 aromatic rings. The SMILES string of the molecule is Cc1c(CN2CCSCC2)cccc1NC(=O)[C@@H](N)C(C)C.Cl.Cl. The molecule has 1 fully saturated rings. The Kier molecular flexibility index (Phi) is 11.0. The lowest BCUT2D eigenvalue weighted by molar-refractivity contribution is -0.118. The first-order valence-electron chi connectivity index (χ1n) is 7.94. The average Bonchev–Trinajstić information content (AvgIpc) is 2.51. The van der Waals surface area contributed by atoms with E-state index in [0.717, 1.165) is 30.9 Å². The van der Waals surface area contributed by atoms with Gasteiger partial charge in [-0.2, -0.15) is 11.8 Å². The molecule has 0 aromatic heterocycles. The molecule has 1 aliphatic heterocycles. The molecule has 1 saturated heterocycles. The van der Waals surface area contributed by atoms with E-state index in [2.05, 4.69) is 23.2 Å². The highest BCUT2D eigenvalue weighted by Crippen LogP contribution is 2.22. The van der Waals surface area contributed by atoms with Gasteiger partial charge in [0.15, 0.2) is 0 Å².